The number of H-pyrrole nitrogens is 1. The van der Waals surface area contributed by atoms with E-state index in [1.165, 1.54) is 17.6 Å². The van der Waals surface area contributed by atoms with Crippen LogP contribution < -0.4 is 4.90 Å². The van der Waals surface area contributed by atoms with Crippen LogP contribution in [0.25, 0.3) is 33.3 Å². The summed E-state index contributed by atoms with van der Waals surface area (Å²) in [4.78, 5) is 26.1. The first-order valence-electron chi connectivity index (χ1n) is 14.9. The lowest BCUT2D eigenvalue weighted by Crippen LogP contribution is -2.47. The van der Waals surface area contributed by atoms with Crippen LogP contribution in [0.3, 0.4) is 0 Å². The number of nitrogens with zero attached hydrogens (tertiary/aromatic N) is 5. The number of anilines is 1. The van der Waals surface area contributed by atoms with Gasteiger partial charge in [-0.25, -0.2) is 14.8 Å². The zero-order chi connectivity index (χ0) is 29.7. The number of pyridine rings is 1. The molecule has 0 saturated carbocycles. The van der Waals surface area contributed by atoms with Gasteiger partial charge in [-0.05, 0) is 78.3 Å². The number of halogens is 1. The predicted octanol–water partition coefficient (Wildman–Crippen LogP) is 7.04. The zero-order valence-electron chi connectivity index (χ0n) is 24.5. The normalized spacial score (nSPS) is 17.7. The maximum Gasteiger partial charge on any atom is 0.337 e. The molecule has 3 aromatic heterocycles. The monoisotopic (exact) mass is 594 g/mol. The molecule has 5 aromatic rings. The largest absolute Gasteiger partial charge is 0.478 e. The molecule has 0 amide bonds. The Bertz CT molecular complexity index is 1860. The molecular formula is C34H35ClN6O2. The first kappa shape index (κ1) is 27.7. The number of hydrogen-bond acceptors (Lipinski definition) is 5. The van der Waals surface area contributed by atoms with E-state index in [2.05, 4.69) is 50.8 Å². The number of allylic oxidation sites excluding steroid dienone is 1. The lowest BCUT2D eigenvalue weighted by Gasteiger charge is -2.39. The summed E-state index contributed by atoms with van der Waals surface area (Å²) in [7, 11) is 0. The maximum absolute atomic E-state index is 12.2. The number of aromatic carboxylic acids is 1. The summed E-state index contributed by atoms with van der Waals surface area (Å²) in [6, 6.07) is 17.8. The first-order chi connectivity index (χ1) is 20.7. The first-order valence-corrected chi connectivity index (χ1v) is 15.3. The van der Waals surface area contributed by atoms with Crippen molar-refractivity contribution < 1.29 is 9.90 Å². The number of rotatable bonds is 6. The molecule has 0 radical (unpaired) electrons. The molecule has 0 atom stereocenters. The van der Waals surface area contributed by atoms with Crippen LogP contribution in [-0.4, -0.2) is 68.4 Å². The molecule has 1 fully saturated rings. The molecule has 4 heterocycles. The number of hydrogen-bond donors (Lipinski definition) is 2. The Kier molecular flexibility index (Phi) is 6.98. The molecule has 2 N–H and O–H groups in total. The number of carbonyl (C=O) groups is 1. The van der Waals surface area contributed by atoms with E-state index < -0.39 is 5.97 Å². The van der Waals surface area contributed by atoms with Crippen LogP contribution in [0.4, 0.5) is 5.69 Å². The highest BCUT2D eigenvalue weighted by molar-refractivity contribution is 6.30. The number of fused-ring (bicyclic) bond motifs is 2. The molecule has 7 rings (SSSR count). The second-order valence-corrected chi connectivity index (χ2v) is 13.0. The van der Waals surface area contributed by atoms with Crippen molar-refractivity contribution in [3.63, 3.8) is 0 Å². The van der Waals surface area contributed by atoms with Gasteiger partial charge in [-0.3, -0.25) is 14.7 Å². The summed E-state index contributed by atoms with van der Waals surface area (Å²) in [5.41, 5.74) is 8.66. The van der Waals surface area contributed by atoms with Gasteiger partial charge in [-0.15, -0.1) is 0 Å². The number of carboxylic acid groups (broad SMARTS) is 1. The number of aromatic nitrogens is 4. The van der Waals surface area contributed by atoms with Gasteiger partial charge in [0, 0.05) is 61.2 Å². The number of benzene rings is 2. The maximum atomic E-state index is 12.2. The summed E-state index contributed by atoms with van der Waals surface area (Å²) in [5, 5.41) is 14.9. The van der Waals surface area contributed by atoms with E-state index in [1.807, 2.05) is 41.1 Å². The Balaban J connectivity index is 1.12. The standard InChI is InChI=1S/C34H35ClN6O2/c1-34(2)11-9-24(28(19-34)22-3-5-25(35)6-4-22)21-39-13-15-40(16-14-39)26-7-8-27(33(42)43)30(18-26)41-31-17-23-10-12-36-32(23)38-29(31)20-37-41/h3-8,10,12,17-18,20,37H,9,11,13-16,19,21H2,1-2H3,(H,42,43). The fraction of sp³-hybridized carbons (Fsp3) is 0.324. The quantitative estimate of drug-likeness (QED) is 0.219. The number of piperazine rings is 1. The minimum Gasteiger partial charge on any atom is -0.478 e. The minimum atomic E-state index is -0.967. The fourth-order valence-corrected chi connectivity index (χ4v) is 6.72. The highest BCUT2D eigenvalue weighted by Gasteiger charge is 2.29. The van der Waals surface area contributed by atoms with E-state index in [0.717, 1.165) is 72.7 Å². The van der Waals surface area contributed by atoms with E-state index in [-0.39, 0.29) is 5.56 Å². The molecule has 0 bridgehead atoms. The van der Waals surface area contributed by atoms with Crippen LogP contribution in [0.15, 0.2) is 72.6 Å². The van der Waals surface area contributed by atoms with Crippen molar-refractivity contribution in [3.05, 3.63) is 88.7 Å². The molecule has 0 unspecified atom stereocenters. The Morgan fingerprint density at radius 3 is 2.60 bits per heavy atom. The molecule has 1 aliphatic heterocycles. The van der Waals surface area contributed by atoms with E-state index >= 15 is 0 Å². The average Bonchev–Trinajstić information content (AvgIpc) is 3.63. The zero-order valence-corrected chi connectivity index (χ0v) is 25.2. The van der Waals surface area contributed by atoms with Gasteiger partial charge in [0.25, 0.3) is 0 Å². The van der Waals surface area contributed by atoms with Crippen molar-refractivity contribution >= 4 is 50.9 Å². The van der Waals surface area contributed by atoms with Gasteiger partial charge in [-0.2, -0.15) is 0 Å². The van der Waals surface area contributed by atoms with Crippen LogP contribution in [0.2, 0.25) is 5.02 Å². The van der Waals surface area contributed by atoms with Crippen LogP contribution in [-0.2, 0) is 0 Å². The van der Waals surface area contributed by atoms with Gasteiger partial charge in [0.1, 0.15) is 5.52 Å². The molecule has 9 heteroatoms. The van der Waals surface area contributed by atoms with E-state index in [4.69, 9.17) is 11.6 Å². The second kappa shape index (κ2) is 10.8. The number of aromatic amines is 1. The Hall–Kier alpha value is -4.14. The molecule has 0 spiro atoms. The third-order valence-electron chi connectivity index (χ3n) is 9.04. The lowest BCUT2D eigenvalue weighted by atomic mass is 9.72. The Morgan fingerprint density at radius 1 is 1.05 bits per heavy atom. The third-order valence-corrected chi connectivity index (χ3v) is 9.30. The smallest absolute Gasteiger partial charge is 0.337 e. The van der Waals surface area contributed by atoms with Gasteiger partial charge >= 0.3 is 5.97 Å². The summed E-state index contributed by atoms with van der Waals surface area (Å²) < 4.78 is 1.81. The van der Waals surface area contributed by atoms with Crippen molar-refractivity contribution in [2.45, 2.75) is 33.1 Å². The van der Waals surface area contributed by atoms with Gasteiger partial charge in [-0.1, -0.05) is 43.2 Å². The van der Waals surface area contributed by atoms with E-state index in [1.54, 1.807) is 24.0 Å². The Labute approximate surface area is 255 Å². The summed E-state index contributed by atoms with van der Waals surface area (Å²) in [6.45, 7) is 9.35. The SMILES string of the molecule is CC1(C)CCC(CN2CCN(c3ccc(C(=O)O)c(-n4[nH]cc5nc6nccc6cc54)c3)CC2)=C(c2ccc(Cl)cc2)C1. The van der Waals surface area contributed by atoms with Gasteiger partial charge < -0.3 is 10.0 Å². The van der Waals surface area contributed by atoms with Crippen LogP contribution >= 0.6 is 11.6 Å². The van der Waals surface area contributed by atoms with Gasteiger partial charge in [0.15, 0.2) is 5.65 Å². The molecule has 8 nitrogen and oxygen atoms in total. The van der Waals surface area contributed by atoms with E-state index in [0.29, 0.717) is 16.7 Å². The predicted molar refractivity (Wildman–Crippen MR) is 172 cm³/mol. The van der Waals surface area contributed by atoms with Gasteiger partial charge in [0.2, 0.25) is 0 Å². The topological polar surface area (TPSA) is 90.3 Å². The molecule has 2 aliphatic rings. The molecule has 1 aliphatic carbocycles. The second-order valence-electron chi connectivity index (χ2n) is 12.6. The highest BCUT2D eigenvalue weighted by atomic mass is 35.5. The fourth-order valence-electron chi connectivity index (χ4n) is 6.60. The van der Waals surface area contributed by atoms with Crippen molar-refractivity contribution in [1.82, 2.24) is 24.6 Å². The number of carboxylic acids is 1. The van der Waals surface area contributed by atoms with E-state index in [9.17, 15) is 9.90 Å². The molecule has 43 heavy (non-hydrogen) atoms. The van der Waals surface area contributed by atoms with Crippen LogP contribution in [0.5, 0.6) is 0 Å². The van der Waals surface area contributed by atoms with Crippen molar-refractivity contribution in [1.29, 1.82) is 0 Å². The van der Waals surface area contributed by atoms with Gasteiger partial charge in [0.05, 0.1) is 16.8 Å². The Morgan fingerprint density at radius 2 is 1.84 bits per heavy atom. The minimum absolute atomic E-state index is 0.235. The van der Waals surface area contributed by atoms with Crippen LogP contribution in [0.1, 0.15) is 49.0 Å². The summed E-state index contributed by atoms with van der Waals surface area (Å²) >= 11 is 6.20. The average molecular weight is 595 g/mol. The van der Waals surface area contributed by atoms with Crippen molar-refractivity contribution in [2.75, 3.05) is 37.6 Å². The van der Waals surface area contributed by atoms with Crippen LogP contribution in [0, 0.1) is 5.41 Å². The number of nitrogens with one attached hydrogen (secondary N) is 1. The lowest BCUT2D eigenvalue weighted by molar-refractivity contribution is 0.0697. The third kappa shape index (κ3) is 5.41. The molecule has 2 aromatic carbocycles. The molecule has 1 saturated heterocycles. The molecule has 220 valence electrons. The van der Waals surface area contributed by atoms with Crippen molar-refractivity contribution in [2.24, 2.45) is 5.41 Å². The van der Waals surface area contributed by atoms with Crippen molar-refractivity contribution in [3.8, 4) is 5.69 Å². The molecular weight excluding hydrogens is 560 g/mol. The highest BCUT2D eigenvalue weighted by Crippen LogP contribution is 2.43. The summed E-state index contributed by atoms with van der Waals surface area (Å²) in [6.07, 6.45) is 6.93. The summed E-state index contributed by atoms with van der Waals surface area (Å²) in [5.74, 6) is -0.967.